The van der Waals surface area contributed by atoms with E-state index in [2.05, 4.69) is 15.2 Å². The number of hydrogen-bond donors (Lipinski definition) is 1. The zero-order valence-electron chi connectivity index (χ0n) is 11.5. The number of rotatable bonds is 4. The Balaban J connectivity index is 1.73. The fraction of sp³-hybridized carbons (Fsp3) is 0.0625. The van der Waals surface area contributed by atoms with Crippen molar-refractivity contribution in [2.75, 3.05) is 0 Å². The molecule has 0 unspecified atom stereocenters. The summed E-state index contributed by atoms with van der Waals surface area (Å²) >= 11 is 1.27. The maximum absolute atomic E-state index is 12.8. The highest BCUT2D eigenvalue weighted by Gasteiger charge is 2.11. The summed E-state index contributed by atoms with van der Waals surface area (Å²) < 4.78 is 12.8. The predicted molar refractivity (Wildman–Crippen MR) is 83.8 cm³/mol. The van der Waals surface area contributed by atoms with Crippen molar-refractivity contribution in [2.24, 2.45) is 10.2 Å². The minimum Gasteiger partial charge on any atom is -0.492 e. The molecule has 0 spiro atoms. The summed E-state index contributed by atoms with van der Waals surface area (Å²) in [6, 6.07) is 15.6. The number of aromatic nitrogens is 1. The number of benzene rings is 2. The molecule has 1 aromatic heterocycles. The Morgan fingerprint density at radius 3 is 2.50 bits per heavy atom. The summed E-state index contributed by atoms with van der Waals surface area (Å²) in [6.45, 7) is 0.335. The van der Waals surface area contributed by atoms with Gasteiger partial charge in [-0.1, -0.05) is 53.8 Å². The average Bonchev–Trinajstić information content (AvgIpc) is 2.91. The summed E-state index contributed by atoms with van der Waals surface area (Å²) in [7, 11) is 0. The molecule has 3 rings (SSSR count). The molecule has 0 radical (unpaired) electrons. The van der Waals surface area contributed by atoms with Gasteiger partial charge in [-0.3, -0.25) is 0 Å². The van der Waals surface area contributed by atoms with E-state index in [9.17, 15) is 9.50 Å². The number of aromatic hydroxyl groups is 1. The number of hydrogen-bond acceptors (Lipinski definition) is 5. The van der Waals surface area contributed by atoms with Gasteiger partial charge in [-0.05, 0) is 23.3 Å². The van der Waals surface area contributed by atoms with Gasteiger partial charge in [0, 0.05) is 0 Å². The summed E-state index contributed by atoms with van der Waals surface area (Å²) in [5.41, 5.74) is 1.74. The normalized spacial score (nSPS) is 11.1. The van der Waals surface area contributed by atoms with Gasteiger partial charge < -0.3 is 5.11 Å². The van der Waals surface area contributed by atoms with Crippen LogP contribution in [0.15, 0.2) is 64.8 Å². The van der Waals surface area contributed by atoms with Gasteiger partial charge >= 0.3 is 0 Å². The largest absolute Gasteiger partial charge is 0.492 e. The van der Waals surface area contributed by atoms with Gasteiger partial charge in [-0.15, -0.1) is 5.11 Å². The van der Waals surface area contributed by atoms with Crippen molar-refractivity contribution < 1.29 is 9.50 Å². The van der Waals surface area contributed by atoms with E-state index in [1.54, 1.807) is 12.1 Å². The third-order valence-corrected chi connectivity index (χ3v) is 3.93. The van der Waals surface area contributed by atoms with Gasteiger partial charge in [-0.2, -0.15) is 10.1 Å². The van der Waals surface area contributed by atoms with Crippen molar-refractivity contribution >= 4 is 16.5 Å². The van der Waals surface area contributed by atoms with Crippen LogP contribution < -0.4 is 0 Å². The van der Waals surface area contributed by atoms with Gasteiger partial charge in [0.15, 0.2) is 0 Å². The molecule has 2 aromatic carbocycles. The van der Waals surface area contributed by atoms with Crippen LogP contribution in [0.1, 0.15) is 5.56 Å². The number of nitrogens with zero attached hydrogens (tertiary/aromatic N) is 3. The Kier molecular flexibility index (Phi) is 4.20. The van der Waals surface area contributed by atoms with Crippen molar-refractivity contribution in [3.05, 3.63) is 66.0 Å². The topological polar surface area (TPSA) is 57.8 Å². The van der Waals surface area contributed by atoms with Crippen molar-refractivity contribution in [1.29, 1.82) is 0 Å². The fourth-order valence-electron chi connectivity index (χ4n) is 1.89. The number of thiazole rings is 1. The molecule has 0 amide bonds. The number of azo groups is 1. The molecular formula is C16H12FN3OS. The SMILES string of the molecule is Oc1nc(N=NCc2ccc(F)cc2)sc1-c1ccccc1. The fourth-order valence-corrected chi connectivity index (χ4v) is 2.69. The second-order valence-corrected chi connectivity index (χ2v) is 5.52. The van der Waals surface area contributed by atoms with Crippen LogP contribution >= 0.6 is 11.3 Å². The first kappa shape index (κ1) is 14.3. The van der Waals surface area contributed by atoms with Gasteiger partial charge in [0.1, 0.15) is 10.7 Å². The number of halogens is 1. The van der Waals surface area contributed by atoms with Gasteiger partial charge in [0.05, 0.1) is 6.54 Å². The second-order valence-electron chi connectivity index (χ2n) is 4.54. The summed E-state index contributed by atoms with van der Waals surface area (Å²) in [5.74, 6) is -0.329. The van der Waals surface area contributed by atoms with Gasteiger partial charge in [0.25, 0.3) is 0 Å². The molecule has 110 valence electrons. The van der Waals surface area contributed by atoms with Crippen LogP contribution in [0.4, 0.5) is 9.52 Å². The zero-order valence-corrected chi connectivity index (χ0v) is 12.3. The first-order valence-electron chi connectivity index (χ1n) is 6.59. The van der Waals surface area contributed by atoms with Crippen molar-refractivity contribution in [3.63, 3.8) is 0 Å². The van der Waals surface area contributed by atoms with Crippen LogP contribution in [-0.2, 0) is 6.54 Å². The van der Waals surface area contributed by atoms with Crippen molar-refractivity contribution in [2.45, 2.75) is 6.54 Å². The lowest BCUT2D eigenvalue weighted by molar-refractivity contribution is 0.459. The van der Waals surface area contributed by atoms with Crippen molar-refractivity contribution in [3.8, 4) is 16.3 Å². The van der Waals surface area contributed by atoms with E-state index < -0.39 is 0 Å². The second kappa shape index (κ2) is 6.44. The molecule has 0 aliphatic carbocycles. The molecule has 1 heterocycles. The standard InChI is InChI=1S/C16H12FN3OS/c17-13-8-6-11(7-9-13)10-18-20-16-19-15(21)14(22-16)12-4-2-1-3-5-12/h1-9,21H,10H2. The highest BCUT2D eigenvalue weighted by atomic mass is 32.1. The summed E-state index contributed by atoms with van der Waals surface area (Å²) in [5, 5.41) is 18.3. The Hall–Kier alpha value is -2.60. The summed E-state index contributed by atoms with van der Waals surface area (Å²) in [6.07, 6.45) is 0. The lowest BCUT2D eigenvalue weighted by Gasteiger charge is -1.95. The Labute approximate surface area is 130 Å². The van der Waals surface area contributed by atoms with E-state index in [1.165, 1.54) is 23.5 Å². The Bertz CT molecular complexity index is 785. The molecule has 0 atom stereocenters. The highest BCUT2D eigenvalue weighted by molar-refractivity contribution is 7.19. The van der Waals surface area contributed by atoms with Crippen LogP contribution in [0.3, 0.4) is 0 Å². The van der Waals surface area contributed by atoms with Crippen molar-refractivity contribution in [1.82, 2.24) is 4.98 Å². The highest BCUT2D eigenvalue weighted by Crippen LogP contribution is 2.38. The molecule has 1 N–H and O–H groups in total. The smallest absolute Gasteiger partial charge is 0.233 e. The quantitative estimate of drug-likeness (QED) is 0.694. The zero-order chi connectivity index (χ0) is 15.4. The average molecular weight is 313 g/mol. The van der Waals surface area contributed by atoms with Crippen LogP contribution in [0, 0.1) is 5.82 Å². The molecule has 3 aromatic rings. The molecule has 0 bridgehead atoms. The van der Waals surface area contributed by atoms with E-state index in [1.807, 2.05) is 30.3 Å². The predicted octanol–water partition coefficient (Wildman–Crippen LogP) is 4.94. The van der Waals surface area contributed by atoms with Crippen LogP contribution in [-0.4, -0.2) is 10.1 Å². The third kappa shape index (κ3) is 3.35. The molecule has 4 nitrogen and oxygen atoms in total. The monoisotopic (exact) mass is 313 g/mol. The minimum atomic E-state index is -0.280. The maximum Gasteiger partial charge on any atom is 0.233 e. The van der Waals surface area contributed by atoms with E-state index in [-0.39, 0.29) is 11.7 Å². The first-order chi connectivity index (χ1) is 10.7. The molecule has 0 saturated carbocycles. The Morgan fingerprint density at radius 1 is 1.05 bits per heavy atom. The molecule has 0 saturated heterocycles. The minimum absolute atomic E-state index is 0.0491. The molecule has 0 fully saturated rings. The maximum atomic E-state index is 12.8. The summed E-state index contributed by atoms with van der Waals surface area (Å²) in [4.78, 5) is 4.65. The molecule has 0 aliphatic heterocycles. The third-order valence-electron chi connectivity index (χ3n) is 2.96. The molecular weight excluding hydrogens is 301 g/mol. The van der Waals surface area contributed by atoms with E-state index in [0.29, 0.717) is 16.6 Å². The van der Waals surface area contributed by atoms with Gasteiger partial charge in [-0.25, -0.2) is 4.39 Å². The van der Waals surface area contributed by atoms with E-state index in [0.717, 1.165) is 11.1 Å². The molecule has 6 heteroatoms. The Morgan fingerprint density at radius 2 is 1.77 bits per heavy atom. The molecule has 22 heavy (non-hydrogen) atoms. The molecule has 0 aliphatic rings. The lowest BCUT2D eigenvalue weighted by Crippen LogP contribution is -1.80. The lowest BCUT2D eigenvalue weighted by atomic mass is 10.2. The van der Waals surface area contributed by atoms with E-state index >= 15 is 0 Å². The van der Waals surface area contributed by atoms with Crippen LogP contribution in [0.5, 0.6) is 5.88 Å². The van der Waals surface area contributed by atoms with Crippen LogP contribution in [0.2, 0.25) is 0 Å². The van der Waals surface area contributed by atoms with Gasteiger partial charge in [0.2, 0.25) is 11.0 Å². The van der Waals surface area contributed by atoms with E-state index in [4.69, 9.17) is 0 Å². The van der Waals surface area contributed by atoms with Crippen LogP contribution in [0.25, 0.3) is 10.4 Å². The first-order valence-corrected chi connectivity index (χ1v) is 7.41.